The van der Waals surface area contributed by atoms with Crippen LogP contribution in [-0.4, -0.2) is 9.97 Å². The minimum Gasteiger partial charge on any atom is -0.472 e. The second-order valence-electron chi connectivity index (χ2n) is 3.06. The number of rotatable bonds is 3. The lowest BCUT2D eigenvalue weighted by molar-refractivity contribution is 0.292. The molecule has 0 aliphatic carbocycles. The largest absolute Gasteiger partial charge is 0.472 e. The number of halogens is 2. The molecular formula is C11H8BrClN2O. The number of hydrogen-bond donors (Lipinski definition) is 0. The first kappa shape index (κ1) is 11.4. The van der Waals surface area contributed by atoms with Crippen molar-refractivity contribution in [3.8, 4) is 5.88 Å². The zero-order valence-electron chi connectivity index (χ0n) is 8.23. The summed E-state index contributed by atoms with van der Waals surface area (Å²) in [6, 6.07) is 7.84. The Morgan fingerprint density at radius 2 is 2.06 bits per heavy atom. The molecule has 16 heavy (non-hydrogen) atoms. The van der Waals surface area contributed by atoms with E-state index in [1.54, 1.807) is 0 Å². The topological polar surface area (TPSA) is 35.0 Å². The van der Waals surface area contributed by atoms with Crippen LogP contribution in [0.15, 0.2) is 41.1 Å². The van der Waals surface area contributed by atoms with Crippen LogP contribution < -0.4 is 4.74 Å². The van der Waals surface area contributed by atoms with Gasteiger partial charge in [-0.1, -0.05) is 45.7 Å². The lowest BCUT2D eigenvalue weighted by atomic mass is 10.2. The molecule has 2 aromatic rings. The molecule has 3 nitrogen and oxygen atoms in total. The molecule has 0 unspecified atom stereocenters. The van der Waals surface area contributed by atoms with Crippen LogP contribution >= 0.6 is 27.5 Å². The molecule has 0 fully saturated rings. The molecule has 1 aromatic carbocycles. The summed E-state index contributed by atoms with van der Waals surface area (Å²) >= 11 is 9.14. The Bertz CT molecular complexity index is 493. The Morgan fingerprint density at radius 1 is 1.25 bits per heavy atom. The maximum absolute atomic E-state index is 5.69. The van der Waals surface area contributed by atoms with Crippen molar-refractivity contribution in [2.75, 3.05) is 0 Å². The normalized spacial score (nSPS) is 10.1. The van der Waals surface area contributed by atoms with Crippen molar-refractivity contribution in [3.63, 3.8) is 0 Å². The lowest BCUT2D eigenvalue weighted by Crippen LogP contribution is -1.98. The standard InChI is InChI=1S/C11H8BrClN2O/c12-9-4-2-1-3-8(9)7-16-11-6-14-5-10(13)15-11/h1-6H,7H2. The van der Waals surface area contributed by atoms with Gasteiger partial charge in [0.2, 0.25) is 5.88 Å². The van der Waals surface area contributed by atoms with Crippen LogP contribution in [0.25, 0.3) is 0 Å². The Morgan fingerprint density at radius 3 is 2.81 bits per heavy atom. The van der Waals surface area contributed by atoms with E-state index in [2.05, 4.69) is 25.9 Å². The van der Waals surface area contributed by atoms with Crippen LogP contribution in [0.1, 0.15) is 5.56 Å². The maximum Gasteiger partial charge on any atom is 0.234 e. The fourth-order valence-electron chi connectivity index (χ4n) is 1.16. The van der Waals surface area contributed by atoms with E-state index in [-0.39, 0.29) is 0 Å². The average Bonchev–Trinajstić information content (AvgIpc) is 2.28. The van der Waals surface area contributed by atoms with Crippen LogP contribution in [0.3, 0.4) is 0 Å². The molecule has 0 atom stereocenters. The Labute approximate surface area is 107 Å². The van der Waals surface area contributed by atoms with Crippen LogP contribution in [0.5, 0.6) is 5.88 Å². The van der Waals surface area contributed by atoms with Gasteiger partial charge in [0.1, 0.15) is 6.61 Å². The van der Waals surface area contributed by atoms with Crippen molar-refractivity contribution in [3.05, 3.63) is 51.8 Å². The summed E-state index contributed by atoms with van der Waals surface area (Å²) in [5.74, 6) is 0.420. The quantitative estimate of drug-likeness (QED) is 0.870. The van der Waals surface area contributed by atoms with Crippen molar-refractivity contribution in [1.29, 1.82) is 0 Å². The van der Waals surface area contributed by atoms with E-state index in [9.17, 15) is 0 Å². The molecule has 0 aliphatic rings. The molecular weight excluding hydrogens is 291 g/mol. The molecule has 2 rings (SSSR count). The fourth-order valence-corrected chi connectivity index (χ4v) is 1.70. The second-order valence-corrected chi connectivity index (χ2v) is 4.30. The molecule has 0 saturated carbocycles. The van der Waals surface area contributed by atoms with E-state index in [1.807, 2.05) is 24.3 Å². The molecule has 0 spiro atoms. The van der Waals surface area contributed by atoms with Gasteiger partial charge < -0.3 is 4.74 Å². The molecule has 0 radical (unpaired) electrons. The monoisotopic (exact) mass is 298 g/mol. The van der Waals surface area contributed by atoms with Crippen molar-refractivity contribution in [2.45, 2.75) is 6.61 Å². The zero-order chi connectivity index (χ0) is 11.4. The Balaban J connectivity index is 2.05. The lowest BCUT2D eigenvalue weighted by Gasteiger charge is -2.06. The minimum atomic E-state index is 0.324. The first-order valence-corrected chi connectivity index (χ1v) is 5.76. The van der Waals surface area contributed by atoms with Crippen molar-refractivity contribution in [1.82, 2.24) is 9.97 Å². The first-order chi connectivity index (χ1) is 7.75. The predicted molar refractivity (Wildman–Crippen MR) is 65.5 cm³/mol. The summed E-state index contributed by atoms with van der Waals surface area (Å²) in [6.45, 7) is 0.427. The minimum absolute atomic E-state index is 0.324. The smallest absolute Gasteiger partial charge is 0.234 e. The molecule has 0 saturated heterocycles. The third kappa shape index (κ3) is 2.93. The summed E-state index contributed by atoms with van der Waals surface area (Å²) in [5.41, 5.74) is 1.05. The molecule has 0 bridgehead atoms. The van der Waals surface area contributed by atoms with E-state index in [0.29, 0.717) is 17.6 Å². The predicted octanol–water partition coefficient (Wildman–Crippen LogP) is 3.47. The van der Waals surface area contributed by atoms with Gasteiger partial charge in [-0.25, -0.2) is 0 Å². The fraction of sp³-hybridized carbons (Fsp3) is 0.0909. The van der Waals surface area contributed by atoms with Gasteiger partial charge in [0.25, 0.3) is 0 Å². The summed E-state index contributed by atoms with van der Waals surface area (Å²) in [4.78, 5) is 7.87. The van der Waals surface area contributed by atoms with Crippen LogP contribution in [0, 0.1) is 0 Å². The van der Waals surface area contributed by atoms with E-state index < -0.39 is 0 Å². The maximum atomic E-state index is 5.69. The number of hydrogen-bond acceptors (Lipinski definition) is 3. The number of aromatic nitrogens is 2. The Kier molecular flexibility index (Phi) is 3.74. The van der Waals surface area contributed by atoms with Gasteiger partial charge in [0, 0.05) is 10.0 Å². The van der Waals surface area contributed by atoms with Crippen molar-refractivity contribution < 1.29 is 4.74 Å². The van der Waals surface area contributed by atoms with E-state index in [1.165, 1.54) is 12.4 Å². The third-order valence-corrected chi connectivity index (χ3v) is 2.87. The van der Waals surface area contributed by atoms with Crippen molar-refractivity contribution >= 4 is 27.5 Å². The highest BCUT2D eigenvalue weighted by Crippen LogP contribution is 2.18. The van der Waals surface area contributed by atoms with Gasteiger partial charge in [-0.05, 0) is 6.07 Å². The number of benzene rings is 1. The highest BCUT2D eigenvalue weighted by Gasteiger charge is 2.01. The molecule has 0 amide bonds. The van der Waals surface area contributed by atoms with Gasteiger partial charge in [0.05, 0.1) is 12.4 Å². The SMILES string of the molecule is Clc1cncc(OCc2ccccc2Br)n1. The van der Waals surface area contributed by atoms with E-state index in [0.717, 1.165) is 10.0 Å². The summed E-state index contributed by atoms with van der Waals surface area (Å²) in [7, 11) is 0. The summed E-state index contributed by atoms with van der Waals surface area (Å²) < 4.78 is 6.47. The highest BCUT2D eigenvalue weighted by molar-refractivity contribution is 9.10. The third-order valence-electron chi connectivity index (χ3n) is 1.92. The van der Waals surface area contributed by atoms with Crippen molar-refractivity contribution in [2.24, 2.45) is 0 Å². The molecule has 1 aromatic heterocycles. The highest BCUT2D eigenvalue weighted by atomic mass is 79.9. The molecule has 82 valence electrons. The first-order valence-electron chi connectivity index (χ1n) is 4.59. The zero-order valence-corrected chi connectivity index (χ0v) is 10.6. The molecule has 1 heterocycles. The summed E-state index contributed by atoms with van der Waals surface area (Å²) in [6.07, 6.45) is 3.00. The van der Waals surface area contributed by atoms with Gasteiger partial charge >= 0.3 is 0 Å². The van der Waals surface area contributed by atoms with E-state index >= 15 is 0 Å². The molecule has 5 heteroatoms. The number of nitrogens with zero attached hydrogens (tertiary/aromatic N) is 2. The number of ether oxygens (including phenoxy) is 1. The average molecular weight is 300 g/mol. The van der Waals surface area contributed by atoms with Gasteiger partial charge in [-0.2, -0.15) is 4.98 Å². The second kappa shape index (κ2) is 5.27. The summed E-state index contributed by atoms with van der Waals surface area (Å²) in [5, 5.41) is 0.324. The van der Waals surface area contributed by atoms with Gasteiger partial charge in [-0.3, -0.25) is 4.98 Å². The van der Waals surface area contributed by atoms with Gasteiger partial charge in [-0.15, -0.1) is 0 Å². The Hall–Kier alpha value is -1.13. The van der Waals surface area contributed by atoms with Gasteiger partial charge in [0.15, 0.2) is 5.15 Å². The van der Waals surface area contributed by atoms with Crippen LogP contribution in [0.4, 0.5) is 0 Å². The molecule has 0 aliphatic heterocycles. The van der Waals surface area contributed by atoms with Crippen LogP contribution in [0.2, 0.25) is 5.15 Å². The molecule has 0 N–H and O–H groups in total. The van der Waals surface area contributed by atoms with E-state index in [4.69, 9.17) is 16.3 Å². The van der Waals surface area contributed by atoms with Crippen LogP contribution in [-0.2, 0) is 6.61 Å².